The topological polar surface area (TPSA) is 143 Å². The third-order valence-electron chi connectivity index (χ3n) is 5.21. The van der Waals surface area contributed by atoms with Crippen LogP contribution in [0.25, 0.3) is 0 Å². The SMILES string of the molecule is CC(C)(C)OC(=O)CN(CC(=O)OC(C)(C)C)C(=O)Cn1ccnc1CCCCc1ccc(NS(=O)[O-])cc1. The van der Waals surface area contributed by atoms with Crippen LogP contribution in [0, 0.1) is 0 Å². The standard InChI is InChI=1S/C27H40N4O7S/c1-26(2,3)37-24(33)18-31(19-25(34)38-27(4,5)6)23(32)17-30-16-15-28-22(30)10-8-7-9-20-11-13-21(14-12-20)29-39(35)36/h11-16,29H,7-10,17-19H2,1-6H3,(H,35,36)/p-1. The van der Waals surface area contributed by atoms with E-state index in [0.29, 0.717) is 12.1 Å². The Labute approximate surface area is 232 Å². The molecule has 0 spiro atoms. The molecule has 0 saturated carbocycles. The Morgan fingerprint density at radius 1 is 0.949 bits per heavy atom. The summed E-state index contributed by atoms with van der Waals surface area (Å²) >= 11 is -2.35. The van der Waals surface area contributed by atoms with E-state index in [0.717, 1.165) is 35.6 Å². The minimum atomic E-state index is -2.35. The van der Waals surface area contributed by atoms with Gasteiger partial charge in [0.05, 0.1) is 0 Å². The van der Waals surface area contributed by atoms with E-state index in [-0.39, 0.29) is 19.6 Å². The number of amides is 1. The zero-order valence-electron chi connectivity index (χ0n) is 23.5. The number of nitrogens with one attached hydrogen (secondary N) is 1. The van der Waals surface area contributed by atoms with Gasteiger partial charge in [0.1, 0.15) is 36.7 Å². The molecule has 0 fully saturated rings. The summed E-state index contributed by atoms with van der Waals surface area (Å²) in [4.78, 5) is 43.6. The Balaban J connectivity index is 1.97. The Bertz CT molecular complexity index is 1100. The van der Waals surface area contributed by atoms with Crippen molar-refractivity contribution in [2.24, 2.45) is 0 Å². The number of carbonyl (C=O) groups excluding carboxylic acids is 3. The van der Waals surface area contributed by atoms with Crippen molar-refractivity contribution in [3.05, 3.63) is 48.0 Å². The summed E-state index contributed by atoms with van der Waals surface area (Å²) in [6, 6.07) is 7.17. The van der Waals surface area contributed by atoms with Crippen LogP contribution in [0.2, 0.25) is 0 Å². The van der Waals surface area contributed by atoms with Gasteiger partial charge >= 0.3 is 11.9 Å². The van der Waals surface area contributed by atoms with Crippen LogP contribution in [-0.4, -0.2) is 65.4 Å². The van der Waals surface area contributed by atoms with E-state index in [4.69, 9.17) is 9.47 Å². The first-order valence-corrected chi connectivity index (χ1v) is 13.8. The largest absolute Gasteiger partial charge is 0.755 e. The van der Waals surface area contributed by atoms with Crippen LogP contribution in [0.5, 0.6) is 0 Å². The second-order valence-electron chi connectivity index (χ2n) is 11.1. The van der Waals surface area contributed by atoms with Crippen molar-refractivity contribution in [1.29, 1.82) is 0 Å². The van der Waals surface area contributed by atoms with Gasteiger partial charge in [-0.15, -0.1) is 0 Å². The number of imidazole rings is 1. The van der Waals surface area contributed by atoms with Crippen LogP contribution in [-0.2, 0) is 54.5 Å². The lowest BCUT2D eigenvalue weighted by atomic mass is 10.1. The predicted molar refractivity (Wildman–Crippen MR) is 146 cm³/mol. The number of anilines is 1. The number of hydrogen-bond donors (Lipinski definition) is 1. The first-order valence-electron chi connectivity index (χ1n) is 12.8. The van der Waals surface area contributed by atoms with Crippen molar-refractivity contribution < 1.29 is 32.6 Å². The number of unbranched alkanes of at least 4 members (excludes halogenated alkanes) is 1. The van der Waals surface area contributed by atoms with Crippen molar-refractivity contribution in [2.75, 3.05) is 17.8 Å². The maximum Gasteiger partial charge on any atom is 0.326 e. The van der Waals surface area contributed by atoms with Gasteiger partial charge in [-0.2, -0.15) is 0 Å². The van der Waals surface area contributed by atoms with Crippen LogP contribution in [0.3, 0.4) is 0 Å². The zero-order chi connectivity index (χ0) is 29.2. The smallest absolute Gasteiger partial charge is 0.326 e. The number of carbonyl (C=O) groups is 3. The average molecular weight is 564 g/mol. The van der Waals surface area contributed by atoms with Gasteiger partial charge < -0.3 is 28.2 Å². The van der Waals surface area contributed by atoms with Gasteiger partial charge in [0, 0.05) is 35.8 Å². The van der Waals surface area contributed by atoms with Gasteiger partial charge in [-0.3, -0.25) is 18.6 Å². The van der Waals surface area contributed by atoms with Gasteiger partial charge in [-0.1, -0.05) is 12.1 Å². The van der Waals surface area contributed by atoms with E-state index < -0.39 is 40.3 Å². The van der Waals surface area contributed by atoms with Gasteiger partial charge in [-0.25, -0.2) is 4.98 Å². The third kappa shape index (κ3) is 12.9. The van der Waals surface area contributed by atoms with Gasteiger partial charge in [0.15, 0.2) is 0 Å². The van der Waals surface area contributed by atoms with Crippen molar-refractivity contribution in [3.8, 4) is 0 Å². The molecule has 11 nitrogen and oxygen atoms in total. The highest BCUT2D eigenvalue weighted by molar-refractivity contribution is 7.80. The number of aryl methyl sites for hydroxylation is 2. The lowest BCUT2D eigenvalue weighted by Gasteiger charge is -2.26. The van der Waals surface area contributed by atoms with Gasteiger partial charge in [-0.05, 0) is 78.5 Å². The Kier molecular flexibility index (Phi) is 11.7. The monoisotopic (exact) mass is 563 g/mol. The first kappa shape index (κ1) is 32.0. The highest BCUT2D eigenvalue weighted by Crippen LogP contribution is 2.14. The van der Waals surface area contributed by atoms with E-state index in [1.54, 1.807) is 70.6 Å². The van der Waals surface area contributed by atoms with Crippen LogP contribution < -0.4 is 4.72 Å². The summed E-state index contributed by atoms with van der Waals surface area (Å²) in [7, 11) is 0. The number of rotatable bonds is 13. The molecular formula is C27H39N4O7S-. The maximum atomic E-state index is 13.2. The molecule has 1 N–H and O–H groups in total. The number of ether oxygens (including phenoxy) is 2. The molecule has 39 heavy (non-hydrogen) atoms. The molecule has 1 heterocycles. The molecule has 1 aromatic heterocycles. The molecule has 0 aliphatic rings. The molecule has 1 amide bonds. The fraction of sp³-hybridized carbons (Fsp3) is 0.556. The normalized spacial score (nSPS) is 12.5. The van der Waals surface area contributed by atoms with Gasteiger partial charge in [0.2, 0.25) is 5.91 Å². The molecule has 0 bridgehead atoms. The second-order valence-corrected chi connectivity index (χ2v) is 11.8. The predicted octanol–water partition coefficient (Wildman–Crippen LogP) is 3.17. The van der Waals surface area contributed by atoms with E-state index in [1.165, 1.54) is 0 Å². The van der Waals surface area contributed by atoms with Crippen molar-refractivity contribution >= 4 is 34.8 Å². The van der Waals surface area contributed by atoms with Crippen LogP contribution >= 0.6 is 0 Å². The van der Waals surface area contributed by atoms with E-state index in [1.807, 2.05) is 12.1 Å². The molecule has 0 aliphatic carbocycles. The number of aromatic nitrogens is 2. The summed E-state index contributed by atoms with van der Waals surface area (Å²) in [6.45, 7) is 9.54. The van der Waals surface area contributed by atoms with Crippen molar-refractivity contribution in [3.63, 3.8) is 0 Å². The Morgan fingerprint density at radius 2 is 1.49 bits per heavy atom. The summed E-state index contributed by atoms with van der Waals surface area (Å²) in [6.07, 6.45) is 6.42. The average Bonchev–Trinajstić information content (AvgIpc) is 3.21. The molecular weight excluding hydrogens is 524 g/mol. The molecule has 12 heteroatoms. The van der Waals surface area contributed by atoms with Crippen molar-refractivity contribution in [2.45, 2.75) is 85.0 Å². The summed E-state index contributed by atoms with van der Waals surface area (Å²) in [5.74, 6) is -0.945. The third-order valence-corrected chi connectivity index (χ3v) is 5.61. The minimum absolute atomic E-state index is 0.0868. The first-order chi connectivity index (χ1) is 18.1. The number of nitrogens with zero attached hydrogens (tertiary/aromatic N) is 3. The molecule has 1 unspecified atom stereocenters. The Hall–Kier alpha value is -3.25. The maximum absolute atomic E-state index is 13.2. The lowest BCUT2D eigenvalue weighted by molar-refractivity contribution is -0.164. The highest BCUT2D eigenvalue weighted by Gasteiger charge is 2.27. The molecule has 0 radical (unpaired) electrons. The molecule has 1 aromatic carbocycles. The molecule has 2 rings (SSSR count). The van der Waals surface area contributed by atoms with Crippen LogP contribution in [0.1, 0.15) is 65.8 Å². The van der Waals surface area contributed by atoms with E-state index in [9.17, 15) is 23.1 Å². The molecule has 0 aliphatic heterocycles. The highest BCUT2D eigenvalue weighted by atomic mass is 32.2. The molecule has 2 aromatic rings. The molecule has 216 valence electrons. The fourth-order valence-corrected chi connectivity index (χ4v) is 4.03. The minimum Gasteiger partial charge on any atom is -0.755 e. The van der Waals surface area contributed by atoms with Crippen LogP contribution in [0.15, 0.2) is 36.7 Å². The summed E-state index contributed by atoms with van der Waals surface area (Å²) in [5.41, 5.74) is 0.123. The zero-order valence-corrected chi connectivity index (χ0v) is 24.3. The fourth-order valence-electron chi connectivity index (χ4n) is 3.70. The number of benzene rings is 1. The quantitative estimate of drug-likeness (QED) is 0.222. The number of hydrogen-bond acceptors (Lipinski definition) is 8. The van der Waals surface area contributed by atoms with E-state index in [2.05, 4.69) is 9.71 Å². The molecule has 0 saturated heterocycles. The Morgan fingerprint density at radius 3 is 2.00 bits per heavy atom. The van der Waals surface area contributed by atoms with Gasteiger partial charge in [0.25, 0.3) is 0 Å². The second kappa shape index (κ2) is 14.2. The lowest BCUT2D eigenvalue weighted by Crippen LogP contribution is -2.44. The van der Waals surface area contributed by atoms with Crippen LogP contribution in [0.4, 0.5) is 5.69 Å². The molecule has 1 atom stereocenters. The summed E-state index contributed by atoms with van der Waals surface area (Å²) < 4.78 is 36.2. The van der Waals surface area contributed by atoms with Crippen molar-refractivity contribution in [1.82, 2.24) is 14.5 Å². The summed E-state index contributed by atoms with van der Waals surface area (Å²) in [5, 5.41) is 0. The number of esters is 2. The van der Waals surface area contributed by atoms with E-state index >= 15 is 0 Å².